The van der Waals surface area contributed by atoms with Crippen LogP contribution in [0.15, 0.2) is 23.8 Å². The SMILES string of the molecule is CCCCCC(=O)OC1CC(O)C=C2C=CC(C)C(CCC(O)CC(O)CC(=O)O)C21. The second kappa shape index (κ2) is 12.4. The maximum atomic E-state index is 12.4. The molecule has 7 nitrogen and oxygen atoms in total. The summed E-state index contributed by atoms with van der Waals surface area (Å²) in [6.45, 7) is 4.17. The van der Waals surface area contributed by atoms with Crippen LogP contribution in [0.3, 0.4) is 0 Å². The van der Waals surface area contributed by atoms with Gasteiger partial charge in [-0.15, -0.1) is 0 Å². The van der Waals surface area contributed by atoms with E-state index in [1.165, 1.54) is 0 Å². The molecular formula is C24H38O7. The van der Waals surface area contributed by atoms with E-state index < -0.39 is 30.4 Å². The molecule has 31 heavy (non-hydrogen) atoms. The van der Waals surface area contributed by atoms with Gasteiger partial charge in [0.15, 0.2) is 0 Å². The van der Waals surface area contributed by atoms with Crippen LogP contribution >= 0.6 is 0 Å². The van der Waals surface area contributed by atoms with Crippen LogP contribution < -0.4 is 0 Å². The number of hydrogen-bond donors (Lipinski definition) is 4. The third kappa shape index (κ3) is 8.05. The molecule has 7 heteroatoms. The Morgan fingerprint density at radius 2 is 1.97 bits per heavy atom. The average molecular weight is 439 g/mol. The number of esters is 1. The Kier molecular flexibility index (Phi) is 10.2. The number of unbranched alkanes of at least 4 members (excludes halogenated alkanes) is 2. The minimum absolute atomic E-state index is 0.0190. The maximum absolute atomic E-state index is 12.4. The molecule has 0 amide bonds. The number of aliphatic hydroxyl groups is 3. The Morgan fingerprint density at radius 3 is 2.65 bits per heavy atom. The van der Waals surface area contributed by atoms with Gasteiger partial charge in [-0.25, -0.2) is 0 Å². The first-order valence-electron chi connectivity index (χ1n) is 11.6. The largest absolute Gasteiger partial charge is 0.481 e. The molecule has 7 atom stereocenters. The van der Waals surface area contributed by atoms with E-state index in [-0.39, 0.29) is 36.6 Å². The van der Waals surface area contributed by atoms with E-state index in [2.05, 4.69) is 19.9 Å². The van der Waals surface area contributed by atoms with Gasteiger partial charge in [0.25, 0.3) is 0 Å². The molecule has 2 aliphatic rings. The lowest BCUT2D eigenvalue weighted by Crippen LogP contribution is -2.42. The van der Waals surface area contributed by atoms with Crippen LogP contribution in [0.2, 0.25) is 0 Å². The fraction of sp³-hybridized carbons (Fsp3) is 0.750. The van der Waals surface area contributed by atoms with Gasteiger partial charge in [-0.3, -0.25) is 9.59 Å². The number of carbonyl (C=O) groups excluding carboxylic acids is 1. The van der Waals surface area contributed by atoms with Gasteiger partial charge in [0, 0.05) is 18.8 Å². The summed E-state index contributed by atoms with van der Waals surface area (Å²) in [5.41, 5.74) is 0.966. The molecule has 0 aromatic carbocycles. The van der Waals surface area contributed by atoms with Gasteiger partial charge in [0.2, 0.25) is 0 Å². The number of rotatable bonds is 12. The molecule has 2 aliphatic carbocycles. The zero-order valence-corrected chi connectivity index (χ0v) is 18.7. The molecule has 0 saturated carbocycles. The molecule has 2 rings (SSSR count). The quantitative estimate of drug-likeness (QED) is 0.273. The predicted octanol–water partition coefficient (Wildman–Crippen LogP) is 2.97. The molecule has 0 aromatic heterocycles. The Hall–Kier alpha value is -1.70. The lowest BCUT2D eigenvalue weighted by molar-refractivity contribution is -0.155. The van der Waals surface area contributed by atoms with E-state index in [1.54, 1.807) is 0 Å². The monoisotopic (exact) mass is 438 g/mol. The van der Waals surface area contributed by atoms with Crippen molar-refractivity contribution < 1.29 is 34.8 Å². The number of fused-ring (bicyclic) bond motifs is 1. The highest BCUT2D eigenvalue weighted by atomic mass is 16.5. The summed E-state index contributed by atoms with van der Waals surface area (Å²) < 4.78 is 5.83. The minimum Gasteiger partial charge on any atom is -0.481 e. The van der Waals surface area contributed by atoms with Gasteiger partial charge in [-0.2, -0.15) is 0 Å². The molecular weight excluding hydrogens is 400 g/mol. The van der Waals surface area contributed by atoms with E-state index in [0.29, 0.717) is 25.7 Å². The number of allylic oxidation sites excluding steroid dienone is 2. The summed E-state index contributed by atoms with van der Waals surface area (Å²) in [6, 6.07) is 0. The highest BCUT2D eigenvalue weighted by molar-refractivity contribution is 5.69. The smallest absolute Gasteiger partial charge is 0.306 e. The molecule has 176 valence electrons. The van der Waals surface area contributed by atoms with Gasteiger partial charge in [0.05, 0.1) is 24.7 Å². The standard InChI is InChI=1S/C24H38O7/c1-3-4-5-6-23(30)31-21-13-18(26)11-16-8-7-15(2)20(24(16)21)10-9-17(25)12-19(27)14-22(28)29/h7-8,11,15,17-21,24-27H,3-6,9-10,12-14H2,1-2H3,(H,28,29). The third-order valence-corrected chi connectivity index (χ3v) is 6.43. The van der Waals surface area contributed by atoms with E-state index in [4.69, 9.17) is 9.84 Å². The average Bonchev–Trinajstić information content (AvgIpc) is 2.66. The van der Waals surface area contributed by atoms with Crippen LogP contribution in [-0.4, -0.2) is 56.8 Å². The first-order chi connectivity index (χ1) is 14.7. The van der Waals surface area contributed by atoms with Crippen LogP contribution in [0.1, 0.15) is 71.6 Å². The van der Waals surface area contributed by atoms with Crippen LogP contribution in [0.25, 0.3) is 0 Å². The first kappa shape index (κ1) is 25.6. The lowest BCUT2D eigenvalue weighted by atomic mass is 9.66. The zero-order valence-electron chi connectivity index (χ0n) is 18.7. The van der Waals surface area contributed by atoms with E-state index in [1.807, 2.05) is 12.2 Å². The van der Waals surface area contributed by atoms with Crippen molar-refractivity contribution in [2.24, 2.45) is 17.8 Å². The third-order valence-electron chi connectivity index (χ3n) is 6.43. The Balaban J connectivity index is 2.03. The van der Waals surface area contributed by atoms with Crippen molar-refractivity contribution in [2.75, 3.05) is 0 Å². The topological polar surface area (TPSA) is 124 Å². The Bertz CT molecular complexity index is 656. The molecule has 7 unspecified atom stereocenters. The normalized spacial score (nSPS) is 29.6. The highest BCUT2D eigenvalue weighted by Gasteiger charge is 2.41. The molecule has 0 heterocycles. The van der Waals surface area contributed by atoms with Gasteiger partial charge in [0.1, 0.15) is 6.10 Å². The molecule has 0 spiro atoms. The summed E-state index contributed by atoms with van der Waals surface area (Å²) in [5.74, 6) is -1.05. The Morgan fingerprint density at radius 1 is 1.23 bits per heavy atom. The van der Waals surface area contributed by atoms with Crippen LogP contribution in [-0.2, 0) is 14.3 Å². The molecule has 0 radical (unpaired) electrons. The van der Waals surface area contributed by atoms with Gasteiger partial charge in [-0.1, -0.05) is 44.9 Å². The summed E-state index contributed by atoms with van der Waals surface area (Å²) >= 11 is 0. The zero-order chi connectivity index (χ0) is 23.0. The minimum atomic E-state index is -1.09. The van der Waals surface area contributed by atoms with Crippen molar-refractivity contribution in [2.45, 2.75) is 96.1 Å². The Labute approximate surface area is 184 Å². The number of carbonyl (C=O) groups is 2. The van der Waals surface area contributed by atoms with Crippen molar-refractivity contribution in [3.63, 3.8) is 0 Å². The number of ether oxygens (including phenoxy) is 1. The van der Waals surface area contributed by atoms with Crippen LogP contribution in [0, 0.1) is 17.8 Å². The number of hydrogen-bond acceptors (Lipinski definition) is 6. The molecule has 0 saturated heterocycles. The number of aliphatic carboxylic acids is 1. The van der Waals surface area contributed by atoms with E-state index in [0.717, 1.165) is 24.8 Å². The molecule has 4 N–H and O–H groups in total. The molecule has 0 bridgehead atoms. The van der Waals surface area contributed by atoms with E-state index >= 15 is 0 Å². The number of aliphatic hydroxyl groups excluding tert-OH is 3. The summed E-state index contributed by atoms with van der Waals surface area (Å²) in [4.78, 5) is 23.1. The predicted molar refractivity (Wildman–Crippen MR) is 116 cm³/mol. The summed E-state index contributed by atoms with van der Waals surface area (Å²) in [7, 11) is 0. The van der Waals surface area contributed by atoms with Gasteiger partial charge in [-0.05, 0) is 43.1 Å². The second-order valence-corrected chi connectivity index (χ2v) is 9.08. The van der Waals surface area contributed by atoms with Crippen LogP contribution in [0.5, 0.6) is 0 Å². The second-order valence-electron chi connectivity index (χ2n) is 9.08. The first-order valence-corrected chi connectivity index (χ1v) is 11.6. The van der Waals surface area contributed by atoms with Crippen molar-refractivity contribution >= 4 is 11.9 Å². The summed E-state index contributed by atoms with van der Waals surface area (Å²) in [6.07, 6.45) is 7.21. The maximum Gasteiger partial charge on any atom is 0.306 e. The van der Waals surface area contributed by atoms with Crippen molar-refractivity contribution in [3.05, 3.63) is 23.8 Å². The number of carboxylic acids is 1. The lowest BCUT2D eigenvalue weighted by Gasteiger charge is -2.42. The highest BCUT2D eigenvalue weighted by Crippen LogP contribution is 2.44. The fourth-order valence-corrected chi connectivity index (χ4v) is 4.84. The van der Waals surface area contributed by atoms with Gasteiger partial charge < -0.3 is 25.2 Å². The van der Waals surface area contributed by atoms with Crippen molar-refractivity contribution in [1.29, 1.82) is 0 Å². The number of carboxylic acid groups (broad SMARTS) is 1. The fourth-order valence-electron chi connectivity index (χ4n) is 4.84. The summed E-state index contributed by atoms with van der Waals surface area (Å²) in [5, 5.41) is 39.1. The van der Waals surface area contributed by atoms with Crippen LogP contribution in [0.4, 0.5) is 0 Å². The molecule has 0 aliphatic heterocycles. The van der Waals surface area contributed by atoms with E-state index in [9.17, 15) is 24.9 Å². The molecule has 0 aromatic rings. The van der Waals surface area contributed by atoms with Crippen molar-refractivity contribution in [1.82, 2.24) is 0 Å². The molecule has 0 fully saturated rings. The van der Waals surface area contributed by atoms with Crippen molar-refractivity contribution in [3.8, 4) is 0 Å². The van der Waals surface area contributed by atoms with Gasteiger partial charge >= 0.3 is 11.9 Å².